The van der Waals surface area contributed by atoms with Gasteiger partial charge < -0.3 is 4.74 Å². The van der Waals surface area contributed by atoms with Crippen molar-refractivity contribution in [2.75, 3.05) is 7.11 Å². The van der Waals surface area contributed by atoms with Gasteiger partial charge in [-0.2, -0.15) is 13.1 Å². The number of halogens is 1. The summed E-state index contributed by atoms with van der Waals surface area (Å²) in [5, 5.41) is 0. The number of rotatable bonds is 5. The summed E-state index contributed by atoms with van der Waals surface area (Å²) in [6.07, 6.45) is -0.399. The average molecular weight is 303 g/mol. The van der Waals surface area contributed by atoms with Gasteiger partial charge in [-0.1, -0.05) is 22.9 Å². The Hall–Kier alpha value is -0.340. The molecule has 0 bridgehead atoms. The van der Waals surface area contributed by atoms with Crippen molar-refractivity contribution in [2.45, 2.75) is 31.1 Å². The summed E-state index contributed by atoms with van der Waals surface area (Å²) >= 11 is 3.30. The first-order chi connectivity index (χ1) is 6.76. The highest BCUT2D eigenvalue weighted by atomic mass is 79.9. The molecule has 2 N–H and O–H groups in total. The molecule has 2 unspecified atom stereocenters. The van der Waals surface area contributed by atoms with Crippen molar-refractivity contribution >= 4 is 32.2 Å². The van der Waals surface area contributed by atoms with Crippen LogP contribution in [0.1, 0.15) is 20.3 Å². The standard InChI is InChI=1S/C7H15BrN2O4S/c1-5(8)4-6(2)9-15(12,13)10-7(11)14-3/h5-6,9H,4H2,1-3H3,(H,10,11). The minimum absolute atomic E-state index is 0.188. The number of hydrogen-bond donors (Lipinski definition) is 2. The maximum absolute atomic E-state index is 11.3. The van der Waals surface area contributed by atoms with E-state index < -0.39 is 16.3 Å². The second-order valence-electron chi connectivity index (χ2n) is 3.13. The number of carbonyl (C=O) groups excluding carboxylic acids is 1. The molecule has 0 radical (unpaired) electrons. The first-order valence-corrected chi connectivity index (χ1v) is 6.69. The molecule has 2 atom stereocenters. The molecule has 15 heavy (non-hydrogen) atoms. The van der Waals surface area contributed by atoms with E-state index in [4.69, 9.17) is 0 Å². The lowest BCUT2D eigenvalue weighted by atomic mass is 10.2. The van der Waals surface area contributed by atoms with Gasteiger partial charge in [0.1, 0.15) is 0 Å². The van der Waals surface area contributed by atoms with Crippen molar-refractivity contribution in [1.29, 1.82) is 0 Å². The summed E-state index contributed by atoms with van der Waals surface area (Å²) in [6, 6.07) is -0.276. The predicted molar refractivity (Wildman–Crippen MR) is 60.1 cm³/mol. The molecule has 0 saturated heterocycles. The topological polar surface area (TPSA) is 84.5 Å². The molecule has 90 valence electrons. The van der Waals surface area contributed by atoms with Crippen LogP contribution in [0, 0.1) is 0 Å². The van der Waals surface area contributed by atoms with Gasteiger partial charge in [0.15, 0.2) is 0 Å². The van der Waals surface area contributed by atoms with Crippen molar-refractivity contribution in [3.8, 4) is 0 Å². The minimum atomic E-state index is -3.83. The number of ether oxygens (including phenoxy) is 1. The monoisotopic (exact) mass is 302 g/mol. The number of amides is 1. The van der Waals surface area contributed by atoms with E-state index in [0.717, 1.165) is 7.11 Å². The van der Waals surface area contributed by atoms with Gasteiger partial charge in [-0.05, 0) is 13.3 Å². The molecule has 0 aromatic carbocycles. The molecule has 0 aromatic rings. The first kappa shape index (κ1) is 14.7. The van der Waals surface area contributed by atoms with Gasteiger partial charge >= 0.3 is 16.3 Å². The smallest absolute Gasteiger partial charge is 0.421 e. The van der Waals surface area contributed by atoms with Gasteiger partial charge in [-0.25, -0.2) is 9.52 Å². The maximum Gasteiger partial charge on any atom is 0.421 e. The fraction of sp³-hybridized carbons (Fsp3) is 0.857. The van der Waals surface area contributed by atoms with Crippen LogP contribution in [0.3, 0.4) is 0 Å². The lowest BCUT2D eigenvalue weighted by Gasteiger charge is -2.15. The second kappa shape index (κ2) is 6.29. The van der Waals surface area contributed by atoms with Crippen molar-refractivity contribution in [2.24, 2.45) is 0 Å². The number of hydrogen-bond acceptors (Lipinski definition) is 4. The summed E-state index contributed by atoms with van der Waals surface area (Å²) < 4.78 is 30.7. The van der Waals surface area contributed by atoms with Crippen molar-refractivity contribution < 1.29 is 17.9 Å². The van der Waals surface area contributed by atoms with Crippen LogP contribution in [0.2, 0.25) is 0 Å². The third-order valence-electron chi connectivity index (χ3n) is 1.44. The molecule has 0 fully saturated rings. The van der Waals surface area contributed by atoms with E-state index in [-0.39, 0.29) is 10.9 Å². The fourth-order valence-electron chi connectivity index (χ4n) is 0.981. The van der Waals surface area contributed by atoms with Crippen LogP contribution in [-0.4, -0.2) is 32.5 Å². The maximum atomic E-state index is 11.3. The van der Waals surface area contributed by atoms with Gasteiger partial charge in [0.2, 0.25) is 0 Å². The van der Waals surface area contributed by atoms with E-state index in [0.29, 0.717) is 6.42 Å². The van der Waals surface area contributed by atoms with Crippen molar-refractivity contribution in [1.82, 2.24) is 9.44 Å². The molecule has 1 amide bonds. The van der Waals surface area contributed by atoms with Crippen LogP contribution < -0.4 is 9.44 Å². The van der Waals surface area contributed by atoms with E-state index in [1.165, 1.54) is 0 Å². The Labute approximate surface area is 98.1 Å². The number of carbonyl (C=O) groups is 1. The molecule has 0 spiro atoms. The molecule has 6 nitrogen and oxygen atoms in total. The molecular formula is C7H15BrN2O4S. The lowest BCUT2D eigenvalue weighted by molar-refractivity contribution is 0.177. The Kier molecular flexibility index (Phi) is 6.15. The van der Waals surface area contributed by atoms with Crippen LogP contribution >= 0.6 is 15.9 Å². The third kappa shape index (κ3) is 7.57. The van der Waals surface area contributed by atoms with E-state index in [1.807, 2.05) is 6.92 Å². The zero-order valence-electron chi connectivity index (χ0n) is 8.78. The van der Waals surface area contributed by atoms with Crippen LogP contribution in [-0.2, 0) is 14.9 Å². The summed E-state index contributed by atoms with van der Waals surface area (Å²) in [5.74, 6) is 0. The SMILES string of the molecule is COC(=O)NS(=O)(=O)NC(C)CC(C)Br. The predicted octanol–water partition coefficient (Wildman–Crippen LogP) is 0.739. The molecule has 8 heteroatoms. The van der Waals surface area contributed by atoms with E-state index in [1.54, 1.807) is 11.6 Å². The largest absolute Gasteiger partial charge is 0.452 e. The van der Waals surface area contributed by atoms with Gasteiger partial charge in [0.25, 0.3) is 0 Å². The molecule has 0 rings (SSSR count). The highest BCUT2D eigenvalue weighted by molar-refractivity contribution is 9.09. The summed E-state index contributed by atoms with van der Waals surface area (Å²) in [4.78, 5) is 10.9. The van der Waals surface area contributed by atoms with Crippen LogP contribution in [0.15, 0.2) is 0 Å². The molecule has 0 aliphatic rings. The van der Waals surface area contributed by atoms with Gasteiger partial charge in [-0.3, -0.25) is 0 Å². The molecule has 0 saturated carbocycles. The van der Waals surface area contributed by atoms with Crippen molar-refractivity contribution in [3.63, 3.8) is 0 Å². The highest BCUT2D eigenvalue weighted by Crippen LogP contribution is 2.06. The second-order valence-corrected chi connectivity index (χ2v) is 6.14. The zero-order chi connectivity index (χ0) is 12.1. The van der Waals surface area contributed by atoms with Gasteiger partial charge in [0.05, 0.1) is 7.11 Å². The molecular weight excluding hydrogens is 288 g/mol. The fourth-order valence-corrected chi connectivity index (χ4v) is 2.53. The van der Waals surface area contributed by atoms with E-state index in [2.05, 4.69) is 25.4 Å². The zero-order valence-corrected chi connectivity index (χ0v) is 11.2. The van der Waals surface area contributed by atoms with Crippen LogP contribution in [0.4, 0.5) is 4.79 Å². The Morgan fingerprint density at radius 1 is 1.47 bits per heavy atom. The Morgan fingerprint density at radius 3 is 2.40 bits per heavy atom. The minimum Gasteiger partial charge on any atom is -0.452 e. The number of alkyl halides is 1. The number of nitrogens with one attached hydrogen (secondary N) is 2. The van der Waals surface area contributed by atoms with E-state index >= 15 is 0 Å². The highest BCUT2D eigenvalue weighted by Gasteiger charge is 2.18. The van der Waals surface area contributed by atoms with Gasteiger partial charge in [-0.15, -0.1) is 0 Å². The quantitative estimate of drug-likeness (QED) is 0.734. The first-order valence-electron chi connectivity index (χ1n) is 4.29. The molecule has 0 aromatic heterocycles. The normalized spacial score (nSPS) is 15.5. The van der Waals surface area contributed by atoms with Crippen LogP contribution in [0.25, 0.3) is 0 Å². The van der Waals surface area contributed by atoms with Crippen molar-refractivity contribution in [3.05, 3.63) is 0 Å². The Morgan fingerprint density at radius 2 is 2.00 bits per heavy atom. The summed E-state index contributed by atoms with van der Waals surface area (Å²) in [5.41, 5.74) is 0. The summed E-state index contributed by atoms with van der Waals surface area (Å²) in [6.45, 7) is 3.60. The molecule has 0 aliphatic heterocycles. The Balaban J connectivity index is 4.20. The number of methoxy groups -OCH3 is 1. The third-order valence-corrected chi connectivity index (χ3v) is 2.96. The van der Waals surface area contributed by atoms with Crippen LogP contribution in [0.5, 0.6) is 0 Å². The van der Waals surface area contributed by atoms with E-state index in [9.17, 15) is 13.2 Å². The summed E-state index contributed by atoms with van der Waals surface area (Å²) in [7, 11) is -2.74. The lowest BCUT2D eigenvalue weighted by Crippen LogP contribution is -2.44. The van der Waals surface area contributed by atoms with Gasteiger partial charge in [0, 0.05) is 10.9 Å². The average Bonchev–Trinajstić information content (AvgIpc) is 1.99. The Bertz CT molecular complexity index is 304. The molecule has 0 heterocycles. The molecule has 0 aliphatic carbocycles.